The molecule has 3 heteroatoms. The van der Waals surface area contributed by atoms with E-state index in [0.29, 0.717) is 11.8 Å². The fraction of sp³-hybridized carbons (Fsp3) is 0.588. The smallest absolute Gasteiger partial charge is 0.223 e. The molecular formula is C17H20FNO. The Morgan fingerprint density at radius 3 is 2.25 bits per heavy atom. The van der Waals surface area contributed by atoms with Crippen LogP contribution in [0.25, 0.3) is 0 Å². The summed E-state index contributed by atoms with van der Waals surface area (Å²) in [7, 11) is 0. The summed E-state index contributed by atoms with van der Waals surface area (Å²) in [6.07, 6.45) is 6.35. The van der Waals surface area contributed by atoms with E-state index >= 15 is 0 Å². The van der Waals surface area contributed by atoms with Crippen molar-refractivity contribution in [1.29, 1.82) is 0 Å². The van der Waals surface area contributed by atoms with Gasteiger partial charge in [0.05, 0.1) is 5.41 Å². The number of carbonyl (C=O) groups is 1. The lowest BCUT2D eigenvalue weighted by molar-refractivity contribution is -0.145. The molecule has 2 nitrogen and oxygen atoms in total. The number of carbonyl (C=O) groups excluding carboxylic acids is 1. The van der Waals surface area contributed by atoms with Crippen LogP contribution in [0.1, 0.15) is 44.1 Å². The molecule has 5 rings (SSSR count). The zero-order valence-electron chi connectivity index (χ0n) is 11.6. The molecule has 0 saturated heterocycles. The van der Waals surface area contributed by atoms with Crippen LogP contribution in [0.2, 0.25) is 0 Å². The largest absolute Gasteiger partial charge is 0.369 e. The van der Waals surface area contributed by atoms with Gasteiger partial charge in [-0.2, -0.15) is 0 Å². The summed E-state index contributed by atoms with van der Waals surface area (Å²) in [6.45, 7) is 0. The van der Waals surface area contributed by atoms with E-state index in [4.69, 9.17) is 5.73 Å². The third-order valence-electron chi connectivity index (χ3n) is 6.04. The van der Waals surface area contributed by atoms with Crippen molar-refractivity contribution in [1.82, 2.24) is 0 Å². The van der Waals surface area contributed by atoms with Gasteiger partial charge < -0.3 is 5.73 Å². The van der Waals surface area contributed by atoms with E-state index in [0.717, 1.165) is 32.1 Å². The molecule has 1 aromatic carbocycles. The number of nitrogens with two attached hydrogens (primary N) is 1. The van der Waals surface area contributed by atoms with Crippen molar-refractivity contribution >= 4 is 5.91 Å². The lowest BCUT2D eigenvalue weighted by Crippen LogP contribution is -2.58. The van der Waals surface area contributed by atoms with Gasteiger partial charge in [-0.3, -0.25) is 4.79 Å². The Kier molecular flexibility index (Phi) is 2.37. The first kappa shape index (κ1) is 12.4. The lowest BCUT2D eigenvalue weighted by atomic mass is 9.42. The topological polar surface area (TPSA) is 43.1 Å². The molecule has 0 radical (unpaired) electrons. The second kappa shape index (κ2) is 3.84. The van der Waals surface area contributed by atoms with E-state index in [2.05, 4.69) is 0 Å². The third kappa shape index (κ3) is 1.58. The standard InChI is InChI=1S/C17H20FNO/c18-14-3-1-13(2-4-14)16-6-11-5-12(7-16)9-17(8-11,10-16)15(19)20/h1-4,11-12H,5-10H2,(H2,19,20). The van der Waals surface area contributed by atoms with Crippen LogP contribution in [-0.4, -0.2) is 5.91 Å². The van der Waals surface area contributed by atoms with Gasteiger partial charge in [-0.1, -0.05) is 12.1 Å². The predicted octanol–water partition coefficient (Wildman–Crippen LogP) is 3.15. The molecule has 1 aromatic rings. The Hall–Kier alpha value is -1.38. The highest BCUT2D eigenvalue weighted by molar-refractivity contribution is 5.81. The van der Waals surface area contributed by atoms with Crippen LogP contribution in [0.15, 0.2) is 24.3 Å². The molecule has 0 spiro atoms. The van der Waals surface area contributed by atoms with Crippen molar-refractivity contribution in [3.05, 3.63) is 35.6 Å². The average Bonchev–Trinajstić information content (AvgIpc) is 2.37. The highest BCUT2D eigenvalue weighted by Crippen LogP contribution is 2.65. The van der Waals surface area contributed by atoms with E-state index in [-0.39, 0.29) is 22.6 Å². The SMILES string of the molecule is NC(=O)C12CC3CC(C1)CC(c1ccc(F)cc1)(C3)C2. The molecule has 106 valence electrons. The van der Waals surface area contributed by atoms with E-state index in [1.54, 1.807) is 12.1 Å². The lowest BCUT2D eigenvalue weighted by Gasteiger charge is -2.61. The van der Waals surface area contributed by atoms with Gasteiger partial charge in [0.2, 0.25) is 5.91 Å². The molecule has 4 aliphatic carbocycles. The van der Waals surface area contributed by atoms with Crippen molar-refractivity contribution in [2.75, 3.05) is 0 Å². The zero-order valence-corrected chi connectivity index (χ0v) is 11.6. The summed E-state index contributed by atoms with van der Waals surface area (Å²) in [6, 6.07) is 6.92. The van der Waals surface area contributed by atoms with Crippen LogP contribution in [0.4, 0.5) is 4.39 Å². The molecule has 2 unspecified atom stereocenters. The Balaban J connectivity index is 1.79. The number of benzene rings is 1. The number of halogens is 1. The molecule has 0 heterocycles. The van der Waals surface area contributed by atoms with Crippen LogP contribution < -0.4 is 5.73 Å². The van der Waals surface area contributed by atoms with Gasteiger partial charge in [0.1, 0.15) is 5.82 Å². The first-order valence-electron chi connectivity index (χ1n) is 7.57. The number of amides is 1. The minimum atomic E-state index is -0.293. The number of hydrogen-bond acceptors (Lipinski definition) is 1. The predicted molar refractivity (Wildman–Crippen MR) is 74.4 cm³/mol. The molecule has 0 aliphatic heterocycles. The monoisotopic (exact) mass is 273 g/mol. The van der Waals surface area contributed by atoms with Gasteiger partial charge in [0, 0.05) is 0 Å². The second-order valence-corrected chi connectivity index (χ2v) is 7.39. The van der Waals surface area contributed by atoms with Crippen LogP contribution in [0.3, 0.4) is 0 Å². The van der Waals surface area contributed by atoms with Gasteiger partial charge in [-0.15, -0.1) is 0 Å². The second-order valence-electron chi connectivity index (χ2n) is 7.39. The maximum Gasteiger partial charge on any atom is 0.223 e. The van der Waals surface area contributed by atoms with Gasteiger partial charge in [-0.25, -0.2) is 4.39 Å². The third-order valence-corrected chi connectivity index (χ3v) is 6.04. The van der Waals surface area contributed by atoms with Crippen molar-refractivity contribution in [2.24, 2.45) is 23.0 Å². The summed E-state index contributed by atoms with van der Waals surface area (Å²) in [4.78, 5) is 12.0. The minimum Gasteiger partial charge on any atom is -0.369 e. The highest BCUT2D eigenvalue weighted by atomic mass is 19.1. The Morgan fingerprint density at radius 1 is 1.10 bits per heavy atom. The Labute approximate surface area is 118 Å². The van der Waals surface area contributed by atoms with Crippen molar-refractivity contribution in [3.63, 3.8) is 0 Å². The van der Waals surface area contributed by atoms with E-state index < -0.39 is 0 Å². The molecule has 4 fully saturated rings. The van der Waals surface area contributed by atoms with Crippen molar-refractivity contribution in [3.8, 4) is 0 Å². The first-order chi connectivity index (χ1) is 9.51. The van der Waals surface area contributed by atoms with Crippen LogP contribution in [0.5, 0.6) is 0 Å². The van der Waals surface area contributed by atoms with Gasteiger partial charge in [0.25, 0.3) is 0 Å². The Morgan fingerprint density at radius 2 is 1.70 bits per heavy atom. The van der Waals surface area contributed by atoms with E-state index in [1.807, 2.05) is 12.1 Å². The number of hydrogen-bond donors (Lipinski definition) is 1. The van der Waals surface area contributed by atoms with Crippen LogP contribution in [-0.2, 0) is 10.2 Å². The molecule has 4 bridgehead atoms. The zero-order chi connectivity index (χ0) is 14.0. The maximum atomic E-state index is 13.2. The highest BCUT2D eigenvalue weighted by Gasteiger charge is 2.60. The van der Waals surface area contributed by atoms with E-state index in [9.17, 15) is 9.18 Å². The van der Waals surface area contributed by atoms with Gasteiger partial charge in [-0.05, 0) is 73.5 Å². The molecule has 4 saturated carbocycles. The van der Waals surface area contributed by atoms with E-state index in [1.165, 1.54) is 12.0 Å². The first-order valence-corrected chi connectivity index (χ1v) is 7.57. The minimum absolute atomic E-state index is 0.0623. The molecule has 2 N–H and O–H groups in total. The molecule has 0 aromatic heterocycles. The maximum absolute atomic E-state index is 13.2. The summed E-state index contributed by atoms with van der Waals surface area (Å²) >= 11 is 0. The van der Waals surface area contributed by atoms with Crippen LogP contribution >= 0.6 is 0 Å². The number of primary amides is 1. The van der Waals surface area contributed by atoms with Gasteiger partial charge >= 0.3 is 0 Å². The van der Waals surface area contributed by atoms with Crippen molar-refractivity contribution in [2.45, 2.75) is 43.9 Å². The quantitative estimate of drug-likeness (QED) is 0.883. The normalized spacial score (nSPS) is 41.9. The molecular weight excluding hydrogens is 253 g/mol. The fourth-order valence-electron chi connectivity index (χ4n) is 5.69. The van der Waals surface area contributed by atoms with Crippen LogP contribution in [0, 0.1) is 23.1 Å². The summed E-state index contributed by atoms with van der Waals surface area (Å²) < 4.78 is 13.2. The molecule has 1 amide bonds. The summed E-state index contributed by atoms with van der Waals surface area (Å²) in [5.41, 5.74) is 6.73. The summed E-state index contributed by atoms with van der Waals surface area (Å²) in [5, 5.41) is 0. The molecule has 4 aliphatic rings. The molecule has 20 heavy (non-hydrogen) atoms. The Bertz CT molecular complexity index is 551. The average molecular weight is 273 g/mol. The van der Waals surface area contributed by atoms with Gasteiger partial charge in [0.15, 0.2) is 0 Å². The summed E-state index contributed by atoms with van der Waals surface area (Å²) in [5.74, 6) is 0.934. The molecule has 2 atom stereocenters. The fourth-order valence-corrected chi connectivity index (χ4v) is 5.69. The number of rotatable bonds is 2. The van der Waals surface area contributed by atoms with Crippen molar-refractivity contribution < 1.29 is 9.18 Å².